The lowest BCUT2D eigenvalue weighted by Crippen LogP contribution is -2.21. The number of hydrogen-bond acceptors (Lipinski definition) is 4. The highest BCUT2D eigenvalue weighted by Crippen LogP contribution is 2.33. The lowest BCUT2D eigenvalue weighted by atomic mass is 10.1. The fourth-order valence-electron chi connectivity index (χ4n) is 3.08. The Balaban J connectivity index is 2.47. The Labute approximate surface area is 160 Å². The minimum absolute atomic E-state index is 0.178. The van der Waals surface area contributed by atoms with Gasteiger partial charge >= 0.3 is 0 Å². The largest absolute Gasteiger partial charge is 0.500 e. The van der Waals surface area contributed by atoms with E-state index in [0.29, 0.717) is 29.7 Å². The number of unbranched alkanes of at least 4 members (excludes halogenated alkanes) is 4. The molecule has 1 amide bonds. The summed E-state index contributed by atoms with van der Waals surface area (Å²) < 4.78 is 7.37. The first-order valence-corrected chi connectivity index (χ1v) is 9.79. The number of fused-ring (bicyclic) bond motifs is 1. The topological polar surface area (TPSA) is 80.6 Å². The van der Waals surface area contributed by atoms with Crippen LogP contribution in [0, 0.1) is 0 Å². The molecule has 0 fully saturated rings. The van der Waals surface area contributed by atoms with Gasteiger partial charge in [-0.3, -0.25) is 9.59 Å². The van der Waals surface area contributed by atoms with Crippen LogP contribution in [-0.2, 0) is 11.3 Å². The Bertz CT molecular complexity index is 842. The number of pyridine rings is 1. The molecule has 0 unspecified atom stereocenters. The number of aromatic nitrogens is 1. The molecule has 0 radical (unpaired) electrons. The quantitative estimate of drug-likeness (QED) is 0.603. The van der Waals surface area contributed by atoms with Crippen LogP contribution in [-0.4, -0.2) is 22.2 Å². The van der Waals surface area contributed by atoms with Gasteiger partial charge in [-0.15, -0.1) is 0 Å². The van der Waals surface area contributed by atoms with Gasteiger partial charge in [-0.2, -0.15) is 0 Å². The standard InChI is InChI=1S/C21H30N2O4/c1-4-6-8-9-13-27-20-17-11-10-16(22-15(3)24)14-18(17)23(12-7-5-2)21(26)19(20)25/h10-11,14,25H,4-9,12-13H2,1-3H3,(H,22,24). The van der Waals surface area contributed by atoms with E-state index in [-0.39, 0.29) is 17.4 Å². The summed E-state index contributed by atoms with van der Waals surface area (Å²) >= 11 is 0. The van der Waals surface area contributed by atoms with E-state index >= 15 is 0 Å². The van der Waals surface area contributed by atoms with E-state index in [1.807, 2.05) is 6.92 Å². The molecule has 2 rings (SSSR count). The van der Waals surface area contributed by atoms with Crippen molar-refractivity contribution in [2.45, 2.75) is 65.8 Å². The molecule has 0 saturated carbocycles. The fourth-order valence-corrected chi connectivity index (χ4v) is 3.08. The molecule has 148 valence electrons. The number of carbonyl (C=O) groups excluding carboxylic acids is 1. The van der Waals surface area contributed by atoms with Crippen LogP contribution in [0.5, 0.6) is 11.5 Å². The maximum absolute atomic E-state index is 12.7. The molecule has 1 heterocycles. The number of rotatable bonds is 10. The Morgan fingerprint density at radius 1 is 1.15 bits per heavy atom. The molecule has 0 aliphatic rings. The van der Waals surface area contributed by atoms with Gasteiger partial charge in [-0.25, -0.2) is 0 Å². The second kappa shape index (κ2) is 10.00. The van der Waals surface area contributed by atoms with Crippen molar-refractivity contribution >= 4 is 22.5 Å². The molecule has 0 aliphatic carbocycles. The van der Waals surface area contributed by atoms with Crippen LogP contribution in [0.2, 0.25) is 0 Å². The monoisotopic (exact) mass is 374 g/mol. The van der Waals surface area contributed by atoms with Crippen LogP contribution in [0.1, 0.15) is 59.3 Å². The third-order valence-electron chi connectivity index (χ3n) is 4.50. The summed E-state index contributed by atoms with van der Waals surface area (Å²) in [6.45, 7) is 6.58. The van der Waals surface area contributed by atoms with Crippen LogP contribution >= 0.6 is 0 Å². The lowest BCUT2D eigenvalue weighted by Gasteiger charge is -2.17. The Hall–Kier alpha value is -2.50. The molecule has 0 atom stereocenters. The van der Waals surface area contributed by atoms with Gasteiger partial charge in [0.25, 0.3) is 5.56 Å². The Morgan fingerprint density at radius 2 is 1.89 bits per heavy atom. The number of amides is 1. The predicted octanol–water partition coefficient (Wildman–Crippen LogP) is 4.42. The van der Waals surface area contributed by atoms with Gasteiger partial charge in [0.1, 0.15) is 0 Å². The molecule has 2 N–H and O–H groups in total. The Kier molecular flexibility index (Phi) is 7.70. The molecule has 1 aromatic carbocycles. The van der Waals surface area contributed by atoms with Gasteiger partial charge < -0.3 is 19.7 Å². The highest BCUT2D eigenvalue weighted by Gasteiger charge is 2.18. The van der Waals surface area contributed by atoms with Gasteiger partial charge in [-0.05, 0) is 31.0 Å². The lowest BCUT2D eigenvalue weighted by molar-refractivity contribution is -0.114. The van der Waals surface area contributed by atoms with Crippen LogP contribution in [0.15, 0.2) is 23.0 Å². The summed E-state index contributed by atoms with van der Waals surface area (Å²) in [5.41, 5.74) is 0.805. The van der Waals surface area contributed by atoms with E-state index in [2.05, 4.69) is 12.2 Å². The summed E-state index contributed by atoms with van der Waals surface area (Å²) in [5.74, 6) is -0.294. The molecular weight excluding hydrogens is 344 g/mol. The van der Waals surface area contributed by atoms with E-state index in [1.54, 1.807) is 22.8 Å². The Morgan fingerprint density at radius 3 is 2.56 bits per heavy atom. The fraction of sp³-hybridized carbons (Fsp3) is 0.524. The zero-order valence-corrected chi connectivity index (χ0v) is 16.5. The van der Waals surface area contributed by atoms with Gasteiger partial charge in [0.2, 0.25) is 11.7 Å². The highest BCUT2D eigenvalue weighted by molar-refractivity contribution is 5.94. The summed E-state index contributed by atoms with van der Waals surface area (Å²) in [6, 6.07) is 5.29. The number of benzene rings is 1. The zero-order valence-electron chi connectivity index (χ0n) is 16.5. The number of ether oxygens (including phenoxy) is 1. The third-order valence-corrected chi connectivity index (χ3v) is 4.50. The molecule has 6 nitrogen and oxygen atoms in total. The molecule has 0 bridgehead atoms. The summed E-state index contributed by atoms with van der Waals surface area (Å²) in [5, 5.41) is 13.9. The van der Waals surface area contributed by atoms with E-state index in [9.17, 15) is 14.7 Å². The normalized spacial score (nSPS) is 10.9. The van der Waals surface area contributed by atoms with E-state index in [1.165, 1.54) is 6.92 Å². The van der Waals surface area contributed by atoms with Crippen molar-refractivity contribution in [1.29, 1.82) is 0 Å². The van der Waals surface area contributed by atoms with Crippen molar-refractivity contribution in [1.82, 2.24) is 4.57 Å². The number of aromatic hydroxyl groups is 1. The average molecular weight is 374 g/mol. The molecule has 2 aromatic rings. The van der Waals surface area contributed by atoms with Gasteiger partial charge in [0.15, 0.2) is 5.75 Å². The molecule has 6 heteroatoms. The van der Waals surface area contributed by atoms with Crippen LogP contribution in [0.4, 0.5) is 5.69 Å². The second-order valence-corrected chi connectivity index (χ2v) is 6.81. The van der Waals surface area contributed by atoms with E-state index in [0.717, 1.165) is 38.5 Å². The maximum Gasteiger partial charge on any atom is 0.297 e. The van der Waals surface area contributed by atoms with Gasteiger partial charge in [-0.1, -0.05) is 39.5 Å². The molecular formula is C21H30N2O4. The minimum Gasteiger partial charge on any atom is -0.500 e. The predicted molar refractivity (Wildman–Crippen MR) is 109 cm³/mol. The molecule has 1 aromatic heterocycles. The summed E-state index contributed by atoms with van der Waals surface area (Å²) in [4.78, 5) is 24.1. The van der Waals surface area contributed by atoms with E-state index in [4.69, 9.17) is 4.74 Å². The van der Waals surface area contributed by atoms with Crippen molar-refractivity contribution in [3.05, 3.63) is 28.6 Å². The van der Waals surface area contributed by atoms with E-state index < -0.39 is 5.56 Å². The average Bonchev–Trinajstić information content (AvgIpc) is 2.64. The van der Waals surface area contributed by atoms with Gasteiger partial charge in [0, 0.05) is 24.5 Å². The van der Waals surface area contributed by atoms with Crippen molar-refractivity contribution in [3.63, 3.8) is 0 Å². The third kappa shape index (κ3) is 5.25. The SMILES string of the molecule is CCCCCCOc1c(O)c(=O)n(CCCC)c2cc(NC(C)=O)ccc12. The number of hydrogen-bond donors (Lipinski definition) is 2. The smallest absolute Gasteiger partial charge is 0.297 e. The number of nitrogens with one attached hydrogen (secondary N) is 1. The molecule has 0 aliphatic heterocycles. The van der Waals surface area contributed by atoms with Crippen LogP contribution in [0.3, 0.4) is 0 Å². The first-order valence-electron chi connectivity index (χ1n) is 9.79. The number of carbonyl (C=O) groups is 1. The van der Waals surface area contributed by atoms with Crippen LogP contribution in [0.25, 0.3) is 10.9 Å². The van der Waals surface area contributed by atoms with Crippen molar-refractivity contribution in [2.75, 3.05) is 11.9 Å². The first kappa shape index (κ1) is 20.8. The first-order chi connectivity index (χ1) is 13.0. The number of nitrogens with zero attached hydrogens (tertiary/aromatic N) is 1. The van der Waals surface area contributed by atoms with Crippen molar-refractivity contribution in [3.8, 4) is 11.5 Å². The number of anilines is 1. The molecule has 27 heavy (non-hydrogen) atoms. The summed E-state index contributed by atoms with van der Waals surface area (Å²) in [6.07, 6.45) is 5.93. The zero-order chi connectivity index (χ0) is 19.8. The second-order valence-electron chi connectivity index (χ2n) is 6.81. The van der Waals surface area contributed by atoms with Crippen molar-refractivity contribution < 1.29 is 14.6 Å². The minimum atomic E-state index is -0.459. The van der Waals surface area contributed by atoms with Crippen LogP contribution < -0.4 is 15.6 Å². The number of aryl methyl sites for hydroxylation is 1. The van der Waals surface area contributed by atoms with Crippen molar-refractivity contribution in [2.24, 2.45) is 0 Å². The maximum atomic E-state index is 12.7. The molecule has 0 spiro atoms. The molecule has 0 saturated heterocycles. The highest BCUT2D eigenvalue weighted by atomic mass is 16.5. The van der Waals surface area contributed by atoms with Gasteiger partial charge in [0.05, 0.1) is 12.1 Å². The summed E-state index contributed by atoms with van der Waals surface area (Å²) in [7, 11) is 0.